The molecule has 0 unspecified atom stereocenters. The molecule has 1 atom stereocenters. The van der Waals surface area contributed by atoms with Crippen LogP contribution < -0.4 is 5.32 Å². The highest BCUT2D eigenvalue weighted by atomic mass is 32.2. The lowest BCUT2D eigenvalue weighted by Crippen LogP contribution is -2.44. The molecule has 186 valence electrons. The largest absolute Gasteiger partial charge is 0.342 e. The van der Waals surface area contributed by atoms with E-state index >= 15 is 0 Å². The number of hydrogen-bond acceptors (Lipinski definition) is 4. The Bertz CT molecular complexity index is 1260. The van der Waals surface area contributed by atoms with Gasteiger partial charge in [0.05, 0.1) is 4.90 Å². The highest BCUT2D eigenvalue weighted by Gasteiger charge is 2.33. The molecule has 0 spiro atoms. The topological polar surface area (TPSA) is 84.3 Å². The van der Waals surface area contributed by atoms with Crippen molar-refractivity contribution in [3.8, 4) is 0 Å². The van der Waals surface area contributed by atoms with E-state index < -0.39 is 16.1 Å². The van der Waals surface area contributed by atoms with Gasteiger partial charge in [0.1, 0.15) is 17.7 Å². The summed E-state index contributed by atoms with van der Waals surface area (Å²) in [5.74, 6) is 0.111. The van der Waals surface area contributed by atoms with E-state index in [0.29, 0.717) is 24.6 Å². The minimum absolute atomic E-state index is 0.166. The van der Waals surface area contributed by atoms with Gasteiger partial charge < -0.3 is 9.88 Å². The van der Waals surface area contributed by atoms with E-state index in [2.05, 4.69) is 24.1 Å². The second-order valence-corrected chi connectivity index (χ2v) is 11.2. The van der Waals surface area contributed by atoms with Crippen LogP contribution in [0.4, 0.5) is 4.39 Å². The summed E-state index contributed by atoms with van der Waals surface area (Å²) in [6.07, 6.45) is 4.28. The molecule has 1 aromatic heterocycles. The Morgan fingerprint density at radius 2 is 1.63 bits per heavy atom. The standard InChI is InChI=1S/C26H31FN4O3S/c1-18(2)19-6-10-23(11-7-19)35(33,34)31-15-12-21(13-16-31)26(32)29-24(25-28-14-17-30(25)3)20-4-8-22(27)9-5-20/h4-11,14,17-18,21,24H,12-13,15-16H2,1-3H3,(H,29,32)/t24-/m1/s1. The number of benzene rings is 2. The summed E-state index contributed by atoms with van der Waals surface area (Å²) < 4.78 is 43.0. The molecule has 1 aliphatic heterocycles. The van der Waals surface area contributed by atoms with E-state index in [0.717, 1.165) is 11.1 Å². The van der Waals surface area contributed by atoms with E-state index in [1.165, 1.54) is 16.4 Å². The van der Waals surface area contributed by atoms with Crippen LogP contribution in [0.1, 0.15) is 55.6 Å². The first kappa shape index (κ1) is 25.1. The second kappa shape index (κ2) is 10.3. The fraction of sp³-hybridized carbons (Fsp3) is 0.385. The summed E-state index contributed by atoms with van der Waals surface area (Å²) in [6.45, 7) is 4.67. The summed E-state index contributed by atoms with van der Waals surface area (Å²) in [4.78, 5) is 17.8. The van der Waals surface area contributed by atoms with Gasteiger partial charge in [0.25, 0.3) is 0 Å². The molecule has 1 fully saturated rings. The monoisotopic (exact) mass is 498 g/mol. The van der Waals surface area contributed by atoms with Crippen LogP contribution in [-0.4, -0.2) is 41.3 Å². The molecular weight excluding hydrogens is 467 g/mol. The number of amides is 1. The average molecular weight is 499 g/mol. The number of carbonyl (C=O) groups excluding carboxylic acids is 1. The minimum Gasteiger partial charge on any atom is -0.342 e. The molecule has 3 aromatic rings. The van der Waals surface area contributed by atoms with Gasteiger partial charge >= 0.3 is 0 Å². The molecule has 2 heterocycles. The minimum atomic E-state index is -3.61. The third kappa shape index (κ3) is 5.46. The van der Waals surface area contributed by atoms with Crippen LogP contribution >= 0.6 is 0 Å². The first-order valence-electron chi connectivity index (χ1n) is 11.8. The Balaban J connectivity index is 1.44. The first-order valence-corrected chi connectivity index (χ1v) is 13.2. The van der Waals surface area contributed by atoms with Crippen LogP contribution in [0.2, 0.25) is 0 Å². The number of halogens is 1. The van der Waals surface area contributed by atoms with Crippen molar-refractivity contribution in [1.82, 2.24) is 19.2 Å². The van der Waals surface area contributed by atoms with Crippen LogP contribution in [0, 0.1) is 11.7 Å². The van der Waals surface area contributed by atoms with Crippen molar-refractivity contribution in [2.24, 2.45) is 13.0 Å². The number of aromatic nitrogens is 2. The third-order valence-corrected chi connectivity index (χ3v) is 8.53. The number of nitrogens with one attached hydrogen (secondary N) is 1. The molecule has 7 nitrogen and oxygen atoms in total. The SMILES string of the molecule is CC(C)c1ccc(S(=O)(=O)N2CCC(C(=O)N[C@H](c3ccc(F)cc3)c3nccn3C)CC2)cc1. The number of nitrogens with zero attached hydrogens (tertiary/aromatic N) is 3. The maximum Gasteiger partial charge on any atom is 0.243 e. The van der Waals surface area contributed by atoms with Gasteiger partial charge in [-0.15, -0.1) is 0 Å². The van der Waals surface area contributed by atoms with E-state index in [1.807, 2.05) is 23.7 Å². The van der Waals surface area contributed by atoms with Crippen molar-refractivity contribution in [1.29, 1.82) is 0 Å². The summed E-state index contributed by atoms with van der Waals surface area (Å²) in [6, 6.07) is 12.5. The number of aryl methyl sites for hydroxylation is 1. The fourth-order valence-electron chi connectivity index (χ4n) is 4.40. The molecule has 35 heavy (non-hydrogen) atoms. The quantitative estimate of drug-likeness (QED) is 0.534. The van der Waals surface area contributed by atoms with Crippen molar-refractivity contribution < 1.29 is 17.6 Å². The summed E-state index contributed by atoms with van der Waals surface area (Å²) in [7, 11) is -1.78. The molecule has 1 saturated heterocycles. The Kier molecular flexibility index (Phi) is 7.37. The predicted molar refractivity (Wildman–Crippen MR) is 132 cm³/mol. The van der Waals surface area contributed by atoms with E-state index in [-0.39, 0.29) is 35.6 Å². The van der Waals surface area contributed by atoms with Crippen LogP contribution in [0.5, 0.6) is 0 Å². The average Bonchev–Trinajstić information content (AvgIpc) is 3.28. The zero-order chi connectivity index (χ0) is 25.2. The Morgan fingerprint density at radius 3 is 2.17 bits per heavy atom. The Hall–Kier alpha value is -3.04. The summed E-state index contributed by atoms with van der Waals surface area (Å²) in [5.41, 5.74) is 1.81. The maximum absolute atomic E-state index is 13.5. The fourth-order valence-corrected chi connectivity index (χ4v) is 5.87. The molecule has 1 aliphatic rings. The van der Waals surface area contributed by atoms with Gasteiger partial charge in [-0.1, -0.05) is 38.1 Å². The third-order valence-electron chi connectivity index (χ3n) is 6.62. The highest BCUT2D eigenvalue weighted by molar-refractivity contribution is 7.89. The van der Waals surface area contributed by atoms with Gasteiger partial charge in [-0.05, 0) is 54.2 Å². The van der Waals surface area contributed by atoms with Crippen LogP contribution in [0.25, 0.3) is 0 Å². The molecule has 9 heteroatoms. The van der Waals surface area contributed by atoms with Crippen LogP contribution in [0.15, 0.2) is 65.8 Å². The lowest BCUT2D eigenvalue weighted by molar-refractivity contribution is -0.126. The molecule has 1 N–H and O–H groups in total. The van der Waals surface area contributed by atoms with Gasteiger partial charge in [-0.2, -0.15) is 4.31 Å². The Labute approximate surface area is 206 Å². The zero-order valence-electron chi connectivity index (χ0n) is 20.2. The number of sulfonamides is 1. The Morgan fingerprint density at radius 1 is 1.03 bits per heavy atom. The van der Waals surface area contributed by atoms with Crippen LogP contribution in [0.3, 0.4) is 0 Å². The number of rotatable bonds is 7. The molecule has 0 saturated carbocycles. The van der Waals surface area contributed by atoms with Crippen molar-refractivity contribution in [2.45, 2.75) is 43.5 Å². The van der Waals surface area contributed by atoms with Gasteiger partial charge in [-0.3, -0.25) is 4.79 Å². The molecule has 0 aliphatic carbocycles. The smallest absolute Gasteiger partial charge is 0.243 e. The van der Waals surface area contributed by atoms with Crippen molar-refractivity contribution >= 4 is 15.9 Å². The lowest BCUT2D eigenvalue weighted by Gasteiger charge is -2.31. The summed E-state index contributed by atoms with van der Waals surface area (Å²) >= 11 is 0. The first-order chi connectivity index (χ1) is 16.7. The van der Waals surface area contributed by atoms with E-state index in [9.17, 15) is 17.6 Å². The zero-order valence-corrected chi connectivity index (χ0v) is 21.0. The normalized spacial score (nSPS) is 16.4. The van der Waals surface area contributed by atoms with Gasteiger partial charge in [-0.25, -0.2) is 17.8 Å². The van der Waals surface area contributed by atoms with E-state index in [1.54, 1.807) is 36.7 Å². The number of carbonyl (C=O) groups is 1. The molecule has 2 aromatic carbocycles. The second-order valence-electron chi connectivity index (χ2n) is 9.29. The van der Waals surface area contributed by atoms with Crippen LogP contribution in [-0.2, 0) is 21.9 Å². The molecule has 1 amide bonds. The highest BCUT2D eigenvalue weighted by Crippen LogP contribution is 2.27. The molecule has 0 bridgehead atoms. The van der Waals surface area contributed by atoms with Gasteiger partial charge in [0.15, 0.2) is 0 Å². The maximum atomic E-state index is 13.5. The molecule has 0 radical (unpaired) electrons. The van der Waals surface area contributed by atoms with Crippen molar-refractivity contribution in [3.05, 3.63) is 83.7 Å². The van der Waals surface area contributed by atoms with E-state index in [4.69, 9.17) is 0 Å². The van der Waals surface area contributed by atoms with Crippen molar-refractivity contribution in [3.63, 3.8) is 0 Å². The van der Waals surface area contributed by atoms with Gasteiger partial charge in [0.2, 0.25) is 15.9 Å². The summed E-state index contributed by atoms with van der Waals surface area (Å²) in [5, 5.41) is 3.06. The molecular formula is C26H31FN4O3S. The lowest BCUT2D eigenvalue weighted by atomic mass is 9.96. The van der Waals surface area contributed by atoms with Crippen molar-refractivity contribution in [2.75, 3.05) is 13.1 Å². The number of imidazole rings is 1. The predicted octanol–water partition coefficient (Wildman–Crippen LogP) is 3.99. The molecule has 4 rings (SSSR count). The van der Waals surface area contributed by atoms with Gasteiger partial charge in [0, 0.05) is 38.4 Å². The number of piperidine rings is 1. The number of hydrogen-bond donors (Lipinski definition) is 1.